The lowest BCUT2D eigenvalue weighted by Gasteiger charge is -2.19. The third kappa shape index (κ3) is 3.12. The minimum atomic E-state index is -0.508. The lowest BCUT2D eigenvalue weighted by Crippen LogP contribution is -2.27. The molecule has 0 saturated carbocycles. The van der Waals surface area contributed by atoms with Crippen LogP contribution in [-0.4, -0.2) is 21.3 Å². The Morgan fingerprint density at radius 1 is 1.44 bits per heavy atom. The van der Waals surface area contributed by atoms with E-state index in [0.717, 1.165) is 9.22 Å². The number of fused-ring (bicyclic) bond motifs is 1. The van der Waals surface area contributed by atoms with Crippen LogP contribution in [0.25, 0.3) is 5.52 Å². The molecule has 0 saturated heterocycles. The molecule has 0 radical (unpaired) electrons. The van der Waals surface area contributed by atoms with E-state index < -0.39 is 11.7 Å². The molecule has 0 atom stereocenters. The number of nitrogens with one attached hydrogen (secondary N) is 1. The molecule has 96 valence electrons. The molecule has 0 aliphatic heterocycles. The number of aromatic nitrogens is 2. The van der Waals surface area contributed by atoms with Crippen molar-refractivity contribution in [3.63, 3.8) is 0 Å². The summed E-state index contributed by atoms with van der Waals surface area (Å²) in [6, 6.07) is 5.74. The highest BCUT2D eigenvalue weighted by atomic mass is 127. The van der Waals surface area contributed by atoms with E-state index in [4.69, 9.17) is 4.74 Å². The molecule has 0 aromatic carbocycles. The van der Waals surface area contributed by atoms with Crippen LogP contribution in [0.3, 0.4) is 0 Å². The molecule has 0 bridgehead atoms. The summed E-state index contributed by atoms with van der Waals surface area (Å²) in [6.07, 6.45) is 1.12. The zero-order valence-electron chi connectivity index (χ0n) is 10.4. The summed E-state index contributed by atoms with van der Waals surface area (Å²) in [5, 5.41) is 6.89. The summed E-state index contributed by atoms with van der Waals surface area (Å²) in [7, 11) is 0. The monoisotopic (exact) mass is 359 g/mol. The van der Waals surface area contributed by atoms with Crippen LogP contribution in [0.4, 0.5) is 10.5 Å². The van der Waals surface area contributed by atoms with Gasteiger partial charge in [0.25, 0.3) is 0 Å². The van der Waals surface area contributed by atoms with Crippen LogP contribution in [-0.2, 0) is 4.74 Å². The zero-order chi connectivity index (χ0) is 13.3. The van der Waals surface area contributed by atoms with Gasteiger partial charge in [0.15, 0.2) is 0 Å². The number of amides is 1. The largest absolute Gasteiger partial charge is 0.444 e. The molecule has 2 rings (SSSR count). The Labute approximate surface area is 119 Å². The van der Waals surface area contributed by atoms with Crippen molar-refractivity contribution in [2.75, 3.05) is 5.32 Å². The second-order valence-corrected chi connectivity index (χ2v) is 5.97. The Morgan fingerprint density at radius 3 is 2.83 bits per heavy atom. The standard InChI is InChI=1S/C12H14IN3O2/c1-12(2,3)18-11(17)15-8-6-9-4-5-10(13)16(9)14-7-8/h4-7H,1-3H3,(H,15,17). The Kier molecular flexibility index (Phi) is 3.47. The van der Waals surface area contributed by atoms with Crippen molar-refractivity contribution in [1.29, 1.82) is 0 Å². The van der Waals surface area contributed by atoms with E-state index in [-0.39, 0.29) is 0 Å². The van der Waals surface area contributed by atoms with Gasteiger partial charge in [0, 0.05) is 0 Å². The summed E-state index contributed by atoms with van der Waals surface area (Å²) in [6.45, 7) is 5.47. The van der Waals surface area contributed by atoms with Crippen LogP contribution in [0.15, 0.2) is 24.4 Å². The van der Waals surface area contributed by atoms with Crippen molar-refractivity contribution in [1.82, 2.24) is 9.61 Å². The Balaban J connectivity index is 2.15. The van der Waals surface area contributed by atoms with E-state index >= 15 is 0 Å². The number of halogens is 1. The van der Waals surface area contributed by atoms with Crippen molar-refractivity contribution in [2.24, 2.45) is 0 Å². The fourth-order valence-electron chi connectivity index (χ4n) is 1.46. The maximum absolute atomic E-state index is 11.6. The zero-order valence-corrected chi connectivity index (χ0v) is 12.6. The number of carbonyl (C=O) groups excluding carboxylic acids is 1. The van der Waals surface area contributed by atoms with E-state index in [1.165, 1.54) is 0 Å². The van der Waals surface area contributed by atoms with E-state index in [2.05, 4.69) is 33.0 Å². The van der Waals surface area contributed by atoms with E-state index in [9.17, 15) is 4.79 Å². The highest BCUT2D eigenvalue weighted by Gasteiger charge is 2.16. The molecule has 0 spiro atoms. The van der Waals surface area contributed by atoms with Crippen molar-refractivity contribution in [3.8, 4) is 0 Å². The van der Waals surface area contributed by atoms with Gasteiger partial charge in [-0.25, -0.2) is 9.31 Å². The molecule has 2 aromatic rings. The molecular formula is C12H14IN3O2. The number of anilines is 1. The maximum atomic E-state index is 11.6. The summed E-state index contributed by atoms with van der Waals surface area (Å²) < 4.78 is 7.99. The van der Waals surface area contributed by atoms with Crippen molar-refractivity contribution in [3.05, 3.63) is 28.1 Å². The first-order chi connectivity index (χ1) is 8.35. The summed E-state index contributed by atoms with van der Waals surface area (Å²) in [5.74, 6) is 0. The van der Waals surface area contributed by atoms with Gasteiger partial charge in [-0.2, -0.15) is 5.10 Å². The van der Waals surface area contributed by atoms with E-state index in [1.54, 1.807) is 10.7 Å². The van der Waals surface area contributed by atoms with Crippen molar-refractivity contribution >= 4 is 39.9 Å². The van der Waals surface area contributed by atoms with Crippen LogP contribution in [0.1, 0.15) is 20.8 Å². The Bertz CT molecular complexity index is 587. The highest BCUT2D eigenvalue weighted by molar-refractivity contribution is 14.1. The van der Waals surface area contributed by atoms with Crippen molar-refractivity contribution in [2.45, 2.75) is 26.4 Å². The van der Waals surface area contributed by atoms with Gasteiger partial charge < -0.3 is 4.74 Å². The highest BCUT2D eigenvalue weighted by Crippen LogP contribution is 2.16. The lowest BCUT2D eigenvalue weighted by atomic mass is 10.2. The molecule has 6 heteroatoms. The predicted octanol–water partition coefficient (Wildman–Crippen LogP) is 3.29. The summed E-state index contributed by atoms with van der Waals surface area (Å²) in [4.78, 5) is 11.6. The van der Waals surface area contributed by atoms with E-state index in [1.807, 2.05) is 39.0 Å². The fraction of sp³-hybridized carbons (Fsp3) is 0.333. The van der Waals surface area contributed by atoms with Crippen LogP contribution < -0.4 is 5.32 Å². The first-order valence-corrected chi connectivity index (χ1v) is 6.56. The van der Waals surface area contributed by atoms with Crippen LogP contribution in [0.2, 0.25) is 0 Å². The summed E-state index contributed by atoms with van der Waals surface area (Å²) in [5.41, 5.74) is 1.03. The predicted molar refractivity (Wildman–Crippen MR) is 77.8 cm³/mol. The quantitative estimate of drug-likeness (QED) is 0.795. The third-order valence-corrected chi connectivity index (χ3v) is 2.92. The van der Waals surface area contributed by atoms with E-state index in [0.29, 0.717) is 5.69 Å². The molecule has 0 unspecified atom stereocenters. The molecular weight excluding hydrogens is 345 g/mol. The third-order valence-electron chi connectivity index (χ3n) is 2.10. The van der Waals surface area contributed by atoms with Gasteiger partial charge >= 0.3 is 6.09 Å². The van der Waals surface area contributed by atoms with Gasteiger partial charge in [0.1, 0.15) is 9.30 Å². The fourth-order valence-corrected chi connectivity index (χ4v) is 2.04. The Hall–Kier alpha value is -1.31. The molecule has 18 heavy (non-hydrogen) atoms. The van der Waals surface area contributed by atoms with Gasteiger partial charge in [-0.05, 0) is 61.6 Å². The number of rotatable bonds is 1. The van der Waals surface area contributed by atoms with Crippen molar-refractivity contribution < 1.29 is 9.53 Å². The van der Waals surface area contributed by atoms with Gasteiger partial charge in [-0.15, -0.1) is 0 Å². The number of nitrogens with zero attached hydrogens (tertiary/aromatic N) is 2. The molecule has 0 aliphatic rings. The second-order valence-electron chi connectivity index (χ2n) is 4.86. The molecule has 5 nitrogen and oxygen atoms in total. The topological polar surface area (TPSA) is 55.6 Å². The smallest absolute Gasteiger partial charge is 0.412 e. The van der Waals surface area contributed by atoms with Gasteiger partial charge in [-0.3, -0.25) is 5.32 Å². The first kappa shape index (κ1) is 13.1. The van der Waals surface area contributed by atoms with Gasteiger partial charge in [0.05, 0.1) is 17.4 Å². The molecule has 0 fully saturated rings. The minimum Gasteiger partial charge on any atom is -0.444 e. The van der Waals surface area contributed by atoms with Crippen LogP contribution in [0.5, 0.6) is 0 Å². The summed E-state index contributed by atoms with van der Waals surface area (Å²) >= 11 is 2.20. The minimum absolute atomic E-state index is 0.477. The number of hydrogen-bond acceptors (Lipinski definition) is 3. The first-order valence-electron chi connectivity index (χ1n) is 5.48. The Morgan fingerprint density at radius 2 is 2.17 bits per heavy atom. The molecule has 1 N–H and O–H groups in total. The average molecular weight is 359 g/mol. The maximum Gasteiger partial charge on any atom is 0.412 e. The molecule has 1 amide bonds. The average Bonchev–Trinajstić information content (AvgIpc) is 2.57. The number of ether oxygens (including phenoxy) is 1. The molecule has 2 aromatic heterocycles. The SMILES string of the molecule is CC(C)(C)OC(=O)Nc1cnn2c(I)ccc2c1. The van der Waals surface area contributed by atoms with Crippen LogP contribution >= 0.6 is 22.6 Å². The van der Waals surface area contributed by atoms with Crippen LogP contribution in [0, 0.1) is 3.70 Å². The number of hydrogen-bond donors (Lipinski definition) is 1. The molecule has 0 aliphatic carbocycles. The molecule has 2 heterocycles. The number of carbonyl (C=O) groups is 1. The van der Waals surface area contributed by atoms with Gasteiger partial charge in [0.2, 0.25) is 0 Å². The van der Waals surface area contributed by atoms with Gasteiger partial charge in [-0.1, -0.05) is 0 Å². The normalized spacial score (nSPS) is 11.6. The second kappa shape index (κ2) is 4.75. The lowest BCUT2D eigenvalue weighted by molar-refractivity contribution is 0.0636.